The Morgan fingerprint density at radius 1 is 1.38 bits per heavy atom. The first-order valence-electron chi connectivity index (χ1n) is 4.87. The van der Waals surface area contributed by atoms with E-state index < -0.39 is 15.2 Å². The van der Waals surface area contributed by atoms with Gasteiger partial charge in [-0.2, -0.15) is 0 Å². The third kappa shape index (κ3) is 3.90. The highest BCUT2D eigenvalue weighted by Gasteiger charge is 2.11. The zero-order valence-corrected chi connectivity index (χ0v) is 10.5. The highest BCUT2D eigenvalue weighted by atomic mass is 35.5. The number of halogens is 1. The minimum absolute atomic E-state index is 0.414. The SMILES string of the molecule is CCCOc1ccccc1NS(=O)(=O)CCl. The zero-order chi connectivity index (χ0) is 12.0. The lowest BCUT2D eigenvalue weighted by molar-refractivity contribution is 0.319. The number of para-hydroxylation sites is 2. The fourth-order valence-corrected chi connectivity index (χ4v) is 1.81. The minimum Gasteiger partial charge on any atom is -0.491 e. The Balaban J connectivity index is 2.86. The van der Waals surface area contributed by atoms with E-state index in [0.717, 1.165) is 6.42 Å². The highest BCUT2D eigenvalue weighted by molar-refractivity contribution is 7.93. The van der Waals surface area contributed by atoms with Crippen LogP contribution in [-0.4, -0.2) is 20.2 Å². The van der Waals surface area contributed by atoms with E-state index in [1.54, 1.807) is 24.3 Å². The molecule has 16 heavy (non-hydrogen) atoms. The van der Waals surface area contributed by atoms with Gasteiger partial charge in [0, 0.05) is 0 Å². The number of alkyl halides is 1. The van der Waals surface area contributed by atoms with Gasteiger partial charge in [0.05, 0.1) is 12.3 Å². The van der Waals surface area contributed by atoms with Crippen molar-refractivity contribution in [3.05, 3.63) is 24.3 Å². The molecule has 6 heteroatoms. The van der Waals surface area contributed by atoms with Gasteiger partial charge < -0.3 is 4.74 Å². The number of anilines is 1. The Morgan fingerprint density at radius 2 is 2.06 bits per heavy atom. The number of sulfonamides is 1. The molecule has 0 atom stereocenters. The van der Waals surface area contributed by atoms with Gasteiger partial charge in [0.25, 0.3) is 0 Å². The quantitative estimate of drug-likeness (QED) is 0.802. The first-order chi connectivity index (χ1) is 7.59. The van der Waals surface area contributed by atoms with Gasteiger partial charge in [-0.05, 0) is 18.6 Å². The van der Waals surface area contributed by atoms with Crippen LogP contribution in [0.3, 0.4) is 0 Å². The highest BCUT2D eigenvalue weighted by Crippen LogP contribution is 2.25. The van der Waals surface area contributed by atoms with Gasteiger partial charge in [0.15, 0.2) is 0 Å². The molecule has 0 radical (unpaired) electrons. The molecule has 0 spiro atoms. The molecule has 0 unspecified atom stereocenters. The van der Waals surface area contributed by atoms with Gasteiger partial charge in [-0.3, -0.25) is 4.72 Å². The molecule has 90 valence electrons. The van der Waals surface area contributed by atoms with Crippen LogP contribution >= 0.6 is 11.6 Å². The number of nitrogens with one attached hydrogen (secondary N) is 1. The average Bonchev–Trinajstić information content (AvgIpc) is 2.27. The van der Waals surface area contributed by atoms with E-state index in [9.17, 15) is 8.42 Å². The molecule has 1 N–H and O–H groups in total. The molecule has 4 nitrogen and oxygen atoms in total. The molecule has 1 aromatic rings. The molecule has 0 saturated carbocycles. The second-order valence-electron chi connectivity index (χ2n) is 3.17. The first kappa shape index (κ1) is 13.1. The van der Waals surface area contributed by atoms with Crippen LogP contribution in [0.2, 0.25) is 0 Å². The van der Waals surface area contributed by atoms with Gasteiger partial charge >= 0.3 is 0 Å². The van der Waals surface area contributed by atoms with Crippen LogP contribution < -0.4 is 9.46 Å². The number of rotatable bonds is 6. The molecule has 0 aromatic heterocycles. The van der Waals surface area contributed by atoms with Crippen molar-refractivity contribution < 1.29 is 13.2 Å². The second kappa shape index (κ2) is 5.96. The molecule has 1 rings (SSSR count). The van der Waals surface area contributed by atoms with Crippen molar-refractivity contribution in [1.82, 2.24) is 0 Å². The van der Waals surface area contributed by atoms with Gasteiger partial charge in [-0.1, -0.05) is 19.1 Å². The summed E-state index contributed by atoms with van der Waals surface area (Å²) < 4.78 is 30.4. The maximum Gasteiger partial charge on any atom is 0.246 e. The molecule has 0 amide bonds. The second-order valence-corrected chi connectivity index (χ2v) is 5.48. The van der Waals surface area contributed by atoms with E-state index in [-0.39, 0.29) is 0 Å². The van der Waals surface area contributed by atoms with Gasteiger partial charge in [0.2, 0.25) is 10.0 Å². The Morgan fingerprint density at radius 3 is 2.69 bits per heavy atom. The van der Waals surface area contributed by atoms with Crippen molar-refractivity contribution in [2.75, 3.05) is 16.5 Å². The summed E-state index contributed by atoms with van der Waals surface area (Å²) in [7, 11) is -3.48. The van der Waals surface area contributed by atoms with E-state index in [4.69, 9.17) is 16.3 Å². The molecule has 0 bridgehead atoms. The predicted molar refractivity (Wildman–Crippen MR) is 65.5 cm³/mol. The van der Waals surface area contributed by atoms with Crippen molar-refractivity contribution >= 4 is 27.3 Å². The summed E-state index contributed by atoms with van der Waals surface area (Å²) in [4.78, 5) is 0. The van der Waals surface area contributed by atoms with Crippen molar-refractivity contribution in [2.24, 2.45) is 0 Å². The molecule has 0 saturated heterocycles. The maximum atomic E-state index is 11.3. The summed E-state index contributed by atoms with van der Waals surface area (Å²) in [6.07, 6.45) is 0.858. The van der Waals surface area contributed by atoms with Crippen LogP contribution in [0.1, 0.15) is 13.3 Å². The lowest BCUT2D eigenvalue weighted by Crippen LogP contribution is -2.14. The molecular formula is C10H14ClNO3S. The van der Waals surface area contributed by atoms with Crippen LogP contribution in [0, 0.1) is 0 Å². The summed E-state index contributed by atoms with van der Waals surface area (Å²) in [5.41, 5.74) is 0.414. The topological polar surface area (TPSA) is 55.4 Å². The van der Waals surface area contributed by atoms with E-state index in [1.807, 2.05) is 6.92 Å². The first-order valence-corrected chi connectivity index (χ1v) is 7.06. The molecular weight excluding hydrogens is 250 g/mol. The third-order valence-electron chi connectivity index (χ3n) is 1.76. The maximum absolute atomic E-state index is 11.3. The number of hydrogen-bond acceptors (Lipinski definition) is 3. The Bertz CT molecular complexity index is 433. The summed E-state index contributed by atoms with van der Waals surface area (Å²) in [5.74, 6) is 0.512. The van der Waals surface area contributed by atoms with Crippen molar-refractivity contribution in [1.29, 1.82) is 0 Å². The normalized spacial score (nSPS) is 11.1. The standard InChI is InChI=1S/C10H14ClNO3S/c1-2-7-15-10-6-4-3-5-9(10)12-16(13,14)8-11/h3-6,12H,2,7-8H2,1H3. The van der Waals surface area contributed by atoms with Gasteiger partial charge in [0.1, 0.15) is 11.0 Å². The van der Waals surface area contributed by atoms with Crippen molar-refractivity contribution in [3.8, 4) is 5.75 Å². The summed E-state index contributed by atoms with van der Waals surface area (Å²) >= 11 is 5.31. The van der Waals surface area contributed by atoms with Crippen LogP contribution in [0.15, 0.2) is 24.3 Å². The fraction of sp³-hybridized carbons (Fsp3) is 0.400. The Hall–Kier alpha value is -0.940. The molecule has 0 fully saturated rings. The minimum atomic E-state index is -3.48. The molecule has 0 heterocycles. The number of benzene rings is 1. The smallest absolute Gasteiger partial charge is 0.246 e. The molecule has 0 aliphatic rings. The lowest BCUT2D eigenvalue weighted by atomic mass is 10.3. The summed E-state index contributed by atoms with van der Waals surface area (Å²) in [6.45, 7) is 2.52. The largest absolute Gasteiger partial charge is 0.491 e. The molecule has 0 aliphatic carbocycles. The number of ether oxygens (including phenoxy) is 1. The van der Waals surface area contributed by atoms with Gasteiger partial charge in [-0.15, -0.1) is 11.6 Å². The fourth-order valence-electron chi connectivity index (χ4n) is 1.08. The van der Waals surface area contributed by atoms with Crippen LogP contribution in [0.5, 0.6) is 5.75 Å². The van der Waals surface area contributed by atoms with E-state index in [2.05, 4.69) is 4.72 Å². The molecule has 1 aromatic carbocycles. The van der Waals surface area contributed by atoms with E-state index in [1.165, 1.54) is 0 Å². The molecule has 0 aliphatic heterocycles. The van der Waals surface area contributed by atoms with Gasteiger partial charge in [-0.25, -0.2) is 8.42 Å². The zero-order valence-electron chi connectivity index (χ0n) is 8.94. The third-order valence-corrected chi connectivity index (χ3v) is 3.44. The van der Waals surface area contributed by atoms with Crippen LogP contribution in [0.25, 0.3) is 0 Å². The predicted octanol–water partition coefficient (Wildman–Crippen LogP) is 2.41. The van der Waals surface area contributed by atoms with Crippen molar-refractivity contribution in [2.45, 2.75) is 13.3 Å². The van der Waals surface area contributed by atoms with Crippen LogP contribution in [0.4, 0.5) is 5.69 Å². The lowest BCUT2D eigenvalue weighted by Gasteiger charge is -2.11. The summed E-state index contributed by atoms with van der Waals surface area (Å²) in [6, 6.07) is 6.85. The van der Waals surface area contributed by atoms with Crippen molar-refractivity contribution in [3.63, 3.8) is 0 Å². The van der Waals surface area contributed by atoms with E-state index in [0.29, 0.717) is 18.0 Å². The van der Waals surface area contributed by atoms with Crippen LogP contribution in [-0.2, 0) is 10.0 Å². The summed E-state index contributed by atoms with van der Waals surface area (Å²) in [5, 5.41) is -0.477. The number of hydrogen-bond donors (Lipinski definition) is 1. The monoisotopic (exact) mass is 263 g/mol. The average molecular weight is 264 g/mol. The Labute approximate surface area is 101 Å². The van der Waals surface area contributed by atoms with E-state index >= 15 is 0 Å². The Kier molecular flexibility index (Phi) is 4.89.